The van der Waals surface area contributed by atoms with Crippen molar-refractivity contribution in [3.8, 4) is 11.3 Å². The molecule has 2 aromatic heterocycles. The first-order valence-electron chi connectivity index (χ1n) is 11.0. The van der Waals surface area contributed by atoms with E-state index in [0.717, 1.165) is 49.2 Å². The maximum atomic E-state index is 13.2. The molecule has 0 amide bonds. The van der Waals surface area contributed by atoms with Crippen molar-refractivity contribution >= 4 is 17.3 Å². The van der Waals surface area contributed by atoms with E-state index in [9.17, 15) is 4.79 Å². The fourth-order valence-electron chi connectivity index (χ4n) is 4.13. The Bertz CT molecular complexity index is 1080. The zero-order chi connectivity index (χ0) is 22.5. The second-order valence-corrected chi connectivity index (χ2v) is 8.13. The van der Waals surface area contributed by atoms with Crippen molar-refractivity contribution in [2.75, 3.05) is 30.8 Å². The number of aryl methyl sites for hydroxylation is 1. The van der Waals surface area contributed by atoms with Gasteiger partial charge in [0.15, 0.2) is 11.6 Å². The van der Waals surface area contributed by atoms with Crippen LogP contribution in [0.15, 0.2) is 48.9 Å². The Morgan fingerprint density at radius 1 is 1.22 bits per heavy atom. The minimum Gasteiger partial charge on any atom is -0.382 e. The Labute approximate surface area is 188 Å². The molecule has 7 heteroatoms. The monoisotopic (exact) mass is 431 g/mol. The Morgan fingerprint density at radius 2 is 2.03 bits per heavy atom. The first-order chi connectivity index (χ1) is 15.6. The van der Waals surface area contributed by atoms with Gasteiger partial charge in [0.05, 0.1) is 18.0 Å². The number of nitrogen functional groups attached to an aromatic ring is 1. The highest BCUT2D eigenvalue weighted by atomic mass is 16.5. The van der Waals surface area contributed by atoms with Gasteiger partial charge >= 0.3 is 0 Å². The lowest BCUT2D eigenvalue weighted by atomic mass is 10.0. The molecule has 32 heavy (non-hydrogen) atoms. The summed E-state index contributed by atoms with van der Waals surface area (Å²) in [6.07, 6.45) is 8.57. The first-order valence-corrected chi connectivity index (χ1v) is 11.0. The SMILES string of the molecule is CCCc1ccc(-c2cnc(N)c(C(=O)Cc3cnccc3N3CCC(OC)C3)n2)cc1. The third-order valence-corrected chi connectivity index (χ3v) is 5.90. The Balaban J connectivity index is 1.56. The molecule has 1 aliphatic heterocycles. The van der Waals surface area contributed by atoms with Gasteiger partial charge in [-0.15, -0.1) is 0 Å². The molecule has 1 fully saturated rings. The van der Waals surface area contributed by atoms with Gasteiger partial charge in [-0.1, -0.05) is 37.6 Å². The van der Waals surface area contributed by atoms with Crippen LogP contribution < -0.4 is 10.6 Å². The lowest BCUT2D eigenvalue weighted by Gasteiger charge is -2.21. The Morgan fingerprint density at radius 3 is 2.75 bits per heavy atom. The third kappa shape index (κ3) is 4.78. The number of anilines is 2. The van der Waals surface area contributed by atoms with Crippen LogP contribution in [0.2, 0.25) is 0 Å². The highest BCUT2D eigenvalue weighted by Gasteiger charge is 2.25. The summed E-state index contributed by atoms with van der Waals surface area (Å²) in [6, 6.07) is 10.1. The summed E-state index contributed by atoms with van der Waals surface area (Å²) in [4.78, 5) is 28.5. The second kappa shape index (κ2) is 9.87. The predicted octanol–water partition coefficient (Wildman–Crippen LogP) is 3.72. The van der Waals surface area contributed by atoms with E-state index in [1.165, 1.54) is 5.56 Å². The molecule has 2 N–H and O–H groups in total. The number of rotatable bonds is 8. The molecule has 1 aromatic carbocycles. The van der Waals surface area contributed by atoms with Crippen LogP contribution in [0, 0.1) is 0 Å². The number of carbonyl (C=O) groups is 1. The number of hydrogen-bond donors (Lipinski definition) is 1. The summed E-state index contributed by atoms with van der Waals surface area (Å²) in [5.41, 5.74) is 10.9. The molecule has 0 radical (unpaired) electrons. The number of nitrogens with zero attached hydrogens (tertiary/aromatic N) is 4. The molecule has 1 atom stereocenters. The van der Waals surface area contributed by atoms with E-state index in [-0.39, 0.29) is 29.8 Å². The Kier molecular flexibility index (Phi) is 6.75. The van der Waals surface area contributed by atoms with Crippen LogP contribution in [0.3, 0.4) is 0 Å². The highest BCUT2D eigenvalue weighted by Crippen LogP contribution is 2.27. The van der Waals surface area contributed by atoms with Crippen molar-refractivity contribution in [1.82, 2.24) is 15.0 Å². The molecule has 0 aliphatic carbocycles. The van der Waals surface area contributed by atoms with Crippen molar-refractivity contribution in [3.63, 3.8) is 0 Å². The van der Waals surface area contributed by atoms with E-state index in [2.05, 4.69) is 38.9 Å². The van der Waals surface area contributed by atoms with E-state index in [4.69, 9.17) is 10.5 Å². The van der Waals surface area contributed by atoms with Gasteiger partial charge in [0.25, 0.3) is 0 Å². The van der Waals surface area contributed by atoms with Crippen molar-refractivity contribution in [1.29, 1.82) is 0 Å². The fourth-order valence-corrected chi connectivity index (χ4v) is 4.13. The van der Waals surface area contributed by atoms with Crippen LogP contribution in [-0.2, 0) is 17.6 Å². The normalized spacial score (nSPS) is 15.8. The molecule has 0 bridgehead atoms. The minimum absolute atomic E-state index is 0.146. The van der Waals surface area contributed by atoms with Gasteiger partial charge < -0.3 is 15.4 Å². The number of benzene rings is 1. The van der Waals surface area contributed by atoms with Crippen molar-refractivity contribution in [2.24, 2.45) is 0 Å². The number of carbonyl (C=O) groups excluding carboxylic acids is 1. The number of methoxy groups -OCH3 is 1. The number of nitrogens with two attached hydrogens (primary N) is 1. The zero-order valence-electron chi connectivity index (χ0n) is 18.6. The van der Waals surface area contributed by atoms with Crippen LogP contribution in [0.5, 0.6) is 0 Å². The van der Waals surface area contributed by atoms with Crippen molar-refractivity contribution in [2.45, 2.75) is 38.7 Å². The van der Waals surface area contributed by atoms with Gasteiger partial charge in [0.2, 0.25) is 0 Å². The number of aromatic nitrogens is 3. The van der Waals surface area contributed by atoms with Gasteiger partial charge in [0, 0.05) is 55.8 Å². The van der Waals surface area contributed by atoms with Gasteiger partial charge in [-0.2, -0.15) is 0 Å². The van der Waals surface area contributed by atoms with E-state index < -0.39 is 0 Å². The number of pyridine rings is 1. The van der Waals surface area contributed by atoms with Crippen molar-refractivity contribution < 1.29 is 9.53 Å². The number of hydrogen-bond acceptors (Lipinski definition) is 7. The van der Waals surface area contributed by atoms with E-state index in [1.807, 2.05) is 18.2 Å². The topological polar surface area (TPSA) is 94.2 Å². The lowest BCUT2D eigenvalue weighted by molar-refractivity contribution is 0.0989. The molecule has 166 valence electrons. The fraction of sp³-hybridized carbons (Fsp3) is 0.360. The van der Waals surface area contributed by atoms with Gasteiger partial charge in [-0.05, 0) is 24.5 Å². The summed E-state index contributed by atoms with van der Waals surface area (Å²) >= 11 is 0. The minimum atomic E-state index is -0.170. The molecule has 0 spiro atoms. The van der Waals surface area contributed by atoms with Gasteiger partial charge in [-0.25, -0.2) is 9.97 Å². The van der Waals surface area contributed by atoms with Gasteiger partial charge in [0.1, 0.15) is 5.69 Å². The van der Waals surface area contributed by atoms with E-state index >= 15 is 0 Å². The van der Waals surface area contributed by atoms with E-state index in [1.54, 1.807) is 25.7 Å². The summed E-state index contributed by atoms with van der Waals surface area (Å²) in [6.45, 7) is 3.84. The van der Waals surface area contributed by atoms with Crippen LogP contribution in [0.4, 0.5) is 11.5 Å². The second-order valence-electron chi connectivity index (χ2n) is 8.13. The molecule has 7 nitrogen and oxygen atoms in total. The molecule has 0 saturated carbocycles. The van der Waals surface area contributed by atoms with Crippen LogP contribution >= 0.6 is 0 Å². The molecule has 3 heterocycles. The molecule has 4 rings (SSSR count). The number of Topliss-reactive ketones (excluding diaryl/α,β-unsaturated/α-hetero) is 1. The summed E-state index contributed by atoms with van der Waals surface area (Å²) in [5, 5.41) is 0. The summed E-state index contributed by atoms with van der Waals surface area (Å²) < 4.78 is 5.49. The largest absolute Gasteiger partial charge is 0.382 e. The molecule has 1 aliphatic rings. The standard InChI is InChI=1S/C25H29N5O2/c1-3-4-17-5-7-18(8-6-17)21-15-28-25(26)24(29-21)23(31)13-19-14-27-11-9-22(19)30-12-10-20(16-30)32-2/h5-9,11,14-15,20H,3-4,10,12-13,16H2,1-2H3,(H2,26,28). The molecular formula is C25H29N5O2. The quantitative estimate of drug-likeness (QED) is 0.543. The molecule has 1 unspecified atom stereocenters. The number of ketones is 1. The first kappa shape index (κ1) is 21.9. The molecular weight excluding hydrogens is 402 g/mol. The Hall–Kier alpha value is -3.32. The third-order valence-electron chi connectivity index (χ3n) is 5.90. The van der Waals surface area contributed by atoms with Gasteiger partial charge in [-0.3, -0.25) is 9.78 Å². The maximum Gasteiger partial charge on any atom is 0.189 e. The highest BCUT2D eigenvalue weighted by molar-refractivity contribution is 6.00. The number of ether oxygens (including phenoxy) is 1. The average Bonchev–Trinajstić information content (AvgIpc) is 3.30. The van der Waals surface area contributed by atoms with Crippen molar-refractivity contribution in [3.05, 3.63) is 65.7 Å². The van der Waals surface area contributed by atoms with Crippen LogP contribution in [-0.4, -0.2) is 47.0 Å². The predicted molar refractivity (Wildman–Crippen MR) is 126 cm³/mol. The summed E-state index contributed by atoms with van der Waals surface area (Å²) in [7, 11) is 1.73. The molecule has 3 aromatic rings. The average molecular weight is 432 g/mol. The van der Waals surface area contributed by atoms with E-state index in [0.29, 0.717) is 5.69 Å². The smallest absolute Gasteiger partial charge is 0.189 e. The maximum absolute atomic E-state index is 13.2. The lowest BCUT2D eigenvalue weighted by Crippen LogP contribution is -2.24. The zero-order valence-corrected chi connectivity index (χ0v) is 18.6. The summed E-state index contributed by atoms with van der Waals surface area (Å²) in [5.74, 6) is -0.0244. The van der Waals surface area contributed by atoms with Crippen LogP contribution in [0.25, 0.3) is 11.3 Å². The van der Waals surface area contributed by atoms with Crippen LogP contribution in [0.1, 0.15) is 41.4 Å². The molecule has 1 saturated heterocycles.